The fraction of sp³-hybridized carbons (Fsp3) is 0.152. The van der Waals surface area contributed by atoms with E-state index in [0.29, 0.717) is 31.5 Å². The molecule has 0 radical (unpaired) electrons. The summed E-state index contributed by atoms with van der Waals surface area (Å²) in [6.45, 7) is 1.25. The topological polar surface area (TPSA) is 62.6 Å². The number of carbonyl (C=O) groups is 2. The van der Waals surface area contributed by atoms with Crippen molar-refractivity contribution in [3.05, 3.63) is 126 Å². The Morgan fingerprint density at radius 2 is 1.61 bits per heavy atom. The smallest absolute Gasteiger partial charge is 0.256 e. The Bertz CT molecular complexity index is 1600. The van der Waals surface area contributed by atoms with E-state index in [1.807, 2.05) is 95.9 Å². The van der Waals surface area contributed by atoms with Crippen molar-refractivity contribution in [2.24, 2.45) is 0 Å². The van der Waals surface area contributed by atoms with Crippen LogP contribution in [0.4, 0.5) is 5.69 Å². The minimum absolute atomic E-state index is 0.139. The van der Waals surface area contributed by atoms with Crippen molar-refractivity contribution in [2.45, 2.75) is 25.8 Å². The van der Waals surface area contributed by atoms with Gasteiger partial charge in [-0.2, -0.15) is 0 Å². The number of nitrogens with one attached hydrogen (secondary N) is 1. The number of rotatable bonds is 6. The molecule has 1 aliphatic rings. The average Bonchev–Trinajstić information content (AvgIpc) is 3.40. The molecule has 0 atom stereocenters. The molecule has 0 aliphatic carbocycles. The summed E-state index contributed by atoms with van der Waals surface area (Å²) in [6, 6.07) is 33.5. The zero-order chi connectivity index (χ0) is 25.9. The maximum absolute atomic E-state index is 13.0. The summed E-state index contributed by atoms with van der Waals surface area (Å²) in [6.07, 6.45) is 1.98. The number of furan rings is 1. The summed E-state index contributed by atoms with van der Waals surface area (Å²) in [5.74, 6) is 1.76. The molecule has 2 amide bonds. The van der Waals surface area contributed by atoms with Crippen LogP contribution in [0, 0.1) is 0 Å². The van der Waals surface area contributed by atoms with Gasteiger partial charge >= 0.3 is 0 Å². The Balaban J connectivity index is 1.11. The van der Waals surface area contributed by atoms with E-state index in [1.54, 1.807) is 0 Å². The number of anilines is 1. The molecule has 4 aromatic carbocycles. The van der Waals surface area contributed by atoms with Gasteiger partial charge in [0, 0.05) is 48.3 Å². The third-order valence-electron chi connectivity index (χ3n) is 7.15. The molecule has 2 heterocycles. The van der Waals surface area contributed by atoms with Crippen LogP contribution in [0.5, 0.6) is 0 Å². The number of amides is 2. The van der Waals surface area contributed by atoms with E-state index in [1.165, 1.54) is 5.56 Å². The highest BCUT2D eigenvalue weighted by atomic mass is 16.3. The summed E-state index contributed by atoms with van der Waals surface area (Å²) in [5.41, 5.74) is 4.55. The number of carbonyl (C=O) groups excluding carboxylic acids is 2. The van der Waals surface area contributed by atoms with Crippen molar-refractivity contribution in [1.29, 1.82) is 0 Å². The predicted molar refractivity (Wildman–Crippen MR) is 150 cm³/mol. The summed E-state index contributed by atoms with van der Waals surface area (Å²) < 4.78 is 6.16. The Morgan fingerprint density at radius 1 is 0.842 bits per heavy atom. The molecule has 1 aliphatic heterocycles. The fourth-order valence-corrected chi connectivity index (χ4v) is 5.08. The van der Waals surface area contributed by atoms with E-state index >= 15 is 0 Å². The van der Waals surface area contributed by atoms with E-state index in [0.717, 1.165) is 45.5 Å². The first-order valence-corrected chi connectivity index (χ1v) is 13.0. The third kappa shape index (κ3) is 4.96. The quantitative estimate of drug-likeness (QED) is 0.277. The Labute approximate surface area is 221 Å². The normalized spacial score (nSPS) is 12.8. The van der Waals surface area contributed by atoms with Gasteiger partial charge in [-0.15, -0.1) is 0 Å². The first-order chi connectivity index (χ1) is 18.6. The number of hydrogen-bond acceptors (Lipinski definition) is 3. The molecule has 1 aromatic heterocycles. The average molecular weight is 501 g/mol. The van der Waals surface area contributed by atoms with Crippen LogP contribution in [0.3, 0.4) is 0 Å². The second-order valence-electron chi connectivity index (χ2n) is 9.67. The lowest BCUT2D eigenvalue weighted by Crippen LogP contribution is -2.35. The molecule has 0 spiro atoms. The maximum Gasteiger partial charge on any atom is 0.256 e. The Morgan fingerprint density at radius 3 is 2.45 bits per heavy atom. The van der Waals surface area contributed by atoms with Gasteiger partial charge in [0.2, 0.25) is 5.91 Å². The summed E-state index contributed by atoms with van der Waals surface area (Å²) in [4.78, 5) is 27.7. The second kappa shape index (κ2) is 10.4. The van der Waals surface area contributed by atoms with Crippen molar-refractivity contribution < 1.29 is 14.0 Å². The van der Waals surface area contributed by atoms with Crippen LogP contribution in [-0.2, 0) is 24.2 Å². The van der Waals surface area contributed by atoms with Crippen molar-refractivity contribution in [1.82, 2.24) is 4.90 Å². The van der Waals surface area contributed by atoms with Crippen LogP contribution in [0.25, 0.3) is 22.1 Å². The van der Waals surface area contributed by atoms with Crippen LogP contribution in [-0.4, -0.2) is 23.3 Å². The molecule has 5 nitrogen and oxygen atoms in total. The lowest BCUT2D eigenvalue weighted by molar-refractivity contribution is -0.132. The lowest BCUT2D eigenvalue weighted by Gasteiger charge is -2.26. The second-order valence-corrected chi connectivity index (χ2v) is 9.67. The highest BCUT2D eigenvalue weighted by Gasteiger charge is 2.24. The Hall–Kier alpha value is -4.64. The lowest BCUT2D eigenvalue weighted by atomic mass is 10.0. The zero-order valence-corrected chi connectivity index (χ0v) is 21.0. The van der Waals surface area contributed by atoms with E-state index in [-0.39, 0.29) is 11.8 Å². The van der Waals surface area contributed by atoms with Gasteiger partial charge in [-0.25, -0.2) is 0 Å². The molecule has 0 saturated carbocycles. The molecular formula is C33H28N2O3. The van der Waals surface area contributed by atoms with E-state index in [9.17, 15) is 9.59 Å². The molecular weight excluding hydrogens is 472 g/mol. The molecule has 38 heavy (non-hydrogen) atoms. The Kier molecular flexibility index (Phi) is 6.49. The summed E-state index contributed by atoms with van der Waals surface area (Å²) >= 11 is 0. The van der Waals surface area contributed by atoms with Gasteiger partial charge in [0.05, 0.1) is 0 Å². The zero-order valence-electron chi connectivity index (χ0n) is 21.0. The number of benzene rings is 4. The van der Waals surface area contributed by atoms with Gasteiger partial charge in [-0.3, -0.25) is 9.59 Å². The van der Waals surface area contributed by atoms with Crippen LogP contribution in [0.1, 0.15) is 33.7 Å². The molecule has 0 unspecified atom stereocenters. The van der Waals surface area contributed by atoms with Crippen LogP contribution >= 0.6 is 0 Å². The number of nitrogens with zero attached hydrogens (tertiary/aromatic N) is 1. The van der Waals surface area contributed by atoms with Gasteiger partial charge in [0.25, 0.3) is 5.91 Å². The first-order valence-electron chi connectivity index (χ1n) is 13.0. The van der Waals surface area contributed by atoms with Gasteiger partial charge in [0.15, 0.2) is 0 Å². The molecule has 0 saturated heterocycles. The maximum atomic E-state index is 13.0. The van der Waals surface area contributed by atoms with Crippen molar-refractivity contribution in [2.75, 3.05) is 11.9 Å². The monoisotopic (exact) mass is 500 g/mol. The molecule has 188 valence electrons. The van der Waals surface area contributed by atoms with Gasteiger partial charge in [0.1, 0.15) is 11.5 Å². The summed E-state index contributed by atoms with van der Waals surface area (Å²) in [5, 5.41) is 4.97. The van der Waals surface area contributed by atoms with E-state index < -0.39 is 0 Å². The van der Waals surface area contributed by atoms with Gasteiger partial charge in [-0.05, 0) is 59.2 Å². The molecule has 1 N–H and O–H groups in total. The predicted octanol–water partition coefficient (Wildman–Crippen LogP) is 6.87. The highest BCUT2D eigenvalue weighted by molar-refractivity contribution is 6.12. The molecule has 5 heteroatoms. The van der Waals surface area contributed by atoms with Crippen molar-refractivity contribution in [3.63, 3.8) is 0 Å². The number of fused-ring (bicyclic) bond motifs is 2. The minimum atomic E-state index is -0.139. The first kappa shape index (κ1) is 23.7. The largest absolute Gasteiger partial charge is 0.461 e. The standard InChI is InChI=1S/C33H28N2O3/c36-32(18-13-23-7-2-1-3-8-23)35-20-19-30-26(22-35)21-31(38-30)25-14-16-27(17-15-25)34-33(37)29-12-6-10-24-9-4-5-11-28(24)29/h1-12,14-17,21H,13,18-20,22H2,(H,34,37). The summed E-state index contributed by atoms with van der Waals surface area (Å²) in [7, 11) is 0. The van der Waals surface area contributed by atoms with E-state index in [2.05, 4.69) is 17.4 Å². The number of aryl methyl sites for hydroxylation is 1. The SMILES string of the molecule is O=C(Nc1ccc(-c2cc3c(o2)CCN(C(=O)CCc2ccccc2)C3)cc1)c1cccc2ccccc12. The van der Waals surface area contributed by atoms with Crippen molar-refractivity contribution >= 4 is 28.3 Å². The van der Waals surface area contributed by atoms with Gasteiger partial charge < -0.3 is 14.6 Å². The molecule has 0 fully saturated rings. The fourth-order valence-electron chi connectivity index (χ4n) is 5.08. The van der Waals surface area contributed by atoms with Gasteiger partial charge in [-0.1, -0.05) is 66.7 Å². The molecule has 6 rings (SSSR count). The number of hydrogen-bond donors (Lipinski definition) is 1. The highest BCUT2D eigenvalue weighted by Crippen LogP contribution is 2.31. The molecule has 5 aromatic rings. The van der Waals surface area contributed by atoms with Crippen LogP contribution in [0.15, 0.2) is 108 Å². The van der Waals surface area contributed by atoms with E-state index in [4.69, 9.17) is 4.42 Å². The minimum Gasteiger partial charge on any atom is -0.461 e. The molecule has 0 bridgehead atoms. The van der Waals surface area contributed by atoms with Crippen LogP contribution in [0.2, 0.25) is 0 Å². The third-order valence-corrected chi connectivity index (χ3v) is 7.15. The van der Waals surface area contributed by atoms with Crippen LogP contribution < -0.4 is 5.32 Å². The van der Waals surface area contributed by atoms with Crippen molar-refractivity contribution in [3.8, 4) is 11.3 Å².